The van der Waals surface area contributed by atoms with Crippen LogP contribution < -0.4 is 15.8 Å². The third-order valence-electron chi connectivity index (χ3n) is 2.53. The number of hydrogen-bond donors (Lipinski definition) is 2. The molecule has 0 fully saturated rings. The molecule has 0 aliphatic rings. The standard InChI is InChI=1S/C14H22N2O3/c1-9(2)8-19-10(3)14(17)16-12-7-11(15)5-6-13(12)18-4/h5-7,9-10H,8,15H2,1-4H3,(H,16,17). The number of carbonyl (C=O) groups excluding carboxylic acids is 1. The third-order valence-corrected chi connectivity index (χ3v) is 2.53. The van der Waals surface area contributed by atoms with E-state index in [4.69, 9.17) is 15.2 Å². The molecule has 0 spiro atoms. The fraction of sp³-hybridized carbons (Fsp3) is 0.500. The van der Waals surface area contributed by atoms with E-state index in [1.807, 2.05) is 13.8 Å². The predicted molar refractivity (Wildman–Crippen MR) is 76.3 cm³/mol. The van der Waals surface area contributed by atoms with E-state index in [1.165, 1.54) is 0 Å². The van der Waals surface area contributed by atoms with Crippen LogP contribution in [0.15, 0.2) is 18.2 Å². The van der Waals surface area contributed by atoms with E-state index < -0.39 is 6.10 Å². The summed E-state index contributed by atoms with van der Waals surface area (Å²) in [6.07, 6.45) is -0.520. The summed E-state index contributed by atoms with van der Waals surface area (Å²) in [5.41, 5.74) is 6.80. The fourth-order valence-electron chi connectivity index (χ4n) is 1.47. The number of methoxy groups -OCH3 is 1. The molecule has 0 heterocycles. The van der Waals surface area contributed by atoms with Crippen molar-refractivity contribution in [2.24, 2.45) is 5.92 Å². The number of anilines is 2. The average Bonchev–Trinajstić information content (AvgIpc) is 2.36. The molecule has 0 aromatic heterocycles. The zero-order chi connectivity index (χ0) is 14.4. The first-order valence-electron chi connectivity index (χ1n) is 6.30. The molecular formula is C14H22N2O3. The second kappa shape index (κ2) is 6.99. The van der Waals surface area contributed by atoms with E-state index in [1.54, 1.807) is 32.2 Å². The summed E-state index contributed by atoms with van der Waals surface area (Å²) in [4.78, 5) is 12.0. The summed E-state index contributed by atoms with van der Waals surface area (Å²) in [6.45, 7) is 6.33. The van der Waals surface area contributed by atoms with Gasteiger partial charge < -0.3 is 20.5 Å². The van der Waals surface area contributed by atoms with Crippen molar-refractivity contribution in [3.63, 3.8) is 0 Å². The van der Waals surface area contributed by atoms with Gasteiger partial charge in [0.2, 0.25) is 0 Å². The average molecular weight is 266 g/mol. The minimum Gasteiger partial charge on any atom is -0.495 e. The summed E-state index contributed by atoms with van der Waals surface area (Å²) in [5, 5.41) is 2.76. The van der Waals surface area contributed by atoms with Gasteiger partial charge in [-0.1, -0.05) is 13.8 Å². The quantitative estimate of drug-likeness (QED) is 0.775. The van der Waals surface area contributed by atoms with Crippen molar-refractivity contribution in [1.29, 1.82) is 0 Å². The Kier molecular flexibility index (Phi) is 5.63. The molecule has 0 bridgehead atoms. The van der Waals surface area contributed by atoms with Crippen LogP contribution >= 0.6 is 0 Å². The largest absolute Gasteiger partial charge is 0.495 e. The van der Waals surface area contributed by atoms with E-state index in [2.05, 4.69) is 5.32 Å². The van der Waals surface area contributed by atoms with E-state index in [9.17, 15) is 4.79 Å². The van der Waals surface area contributed by atoms with Crippen LogP contribution in [0.3, 0.4) is 0 Å². The summed E-state index contributed by atoms with van der Waals surface area (Å²) >= 11 is 0. The number of ether oxygens (including phenoxy) is 2. The van der Waals surface area contributed by atoms with Crippen LogP contribution in [0.25, 0.3) is 0 Å². The van der Waals surface area contributed by atoms with E-state index >= 15 is 0 Å². The third kappa shape index (κ3) is 4.79. The van der Waals surface area contributed by atoms with Crippen molar-refractivity contribution in [1.82, 2.24) is 0 Å². The SMILES string of the molecule is COc1ccc(N)cc1NC(=O)C(C)OCC(C)C. The number of benzene rings is 1. The first-order valence-corrected chi connectivity index (χ1v) is 6.30. The van der Waals surface area contributed by atoms with Crippen LogP contribution in [0.5, 0.6) is 5.75 Å². The van der Waals surface area contributed by atoms with Crippen molar-refractivity contribution in [3.05, 3.63) is 18.2 Å². The van der Waals surface area contributed by atoms with Gasteiger partial charge in [-0.15, -0.1) is 0 Å². The maximum Gasteiger partial charge on any atom is 0.253 e. The van der Waals surface area contributed by atoms with Gasteiger partial charge in [0.1, 0.15) is 11.9 Å². The summed E-state index contributed by atoms with van der Waals surface area (Å²) < 4.78 is 10.6. The number of nitrogens with one attached hydrogen (secondary N) is 1. The van der Waals surface area contributed by atoms with Gasteiger partial charge in [0, 0.05) is 12.3 Å². The van der Waals surface area contributed by atoms with Crippen LogP contribution in [0, 0.1) is 5.92 Å². The lowest BCUT2D eigenvalue weighted by atomic mass is 10.2. The molecule has 19 heavy (non-hydrogen) atoms. The highest BCUT2D eigenvalue weighted by molar-refractivity contribution is 5.95. The van der Waals surface area contributed by atoms with Gasteiger partial charge in [-0.25, -0.2) is 0 Å². The van der Waals surface area contributed by atoms with Gasteiger partial charge in [0.25, 0.3) is 5.91 Å². The molecular weight excluding hydrogens is 244 g/mol. The van der Waals surface area contributed by atoms with Crippen LogP contribution in [-0.4, -0.2) is 25.7 Å². The molecule has 1 unspecified atom stereocenters. The lowest BCUT2D eigenvalue weighted by Gasteiger charge is -2.16. The van der Waals surface area contributed by atoms with Crippen LogP contribution in [0.2, 0.25) is 0 Å². The minimum atomic E-state index is -0.520. The van der Waals surface area contributed by atoms with E-state index in [-0.39, 0.29) is 5.91 Å². The Balaban J connectivity index is 2.68. The van der Waals surface area contributed by atoms with Gasteiger partial charge in [-0.05, 0) is 31.0 Å². The van der Waals surface area contributed by atoms with Crippen molar-refractivity contribution >= 4 is 17.3 Å². The predicted octanol–water partition coefficient (Wildman–Crippen LogP) is 2.28. The molecule has 1 rings (SSSR count). The number of nitrogen functional groups attached to an aromatic ring is 1. The zero-order valence-electron chi connectivity index (χ0n) is 11.9. The van der Waals surface area contributed by atoms with E-state index in [0.29, 0.717) is 29.6 Å². The molecule has 0 aliphatic heterocycles. The number of carbonyl (C=O) groups is 1. The van der Waals surface area contributed by atoms with Gasteiger partial charge >= 0.3 is 0 Å². The van der Waals surface area contributed by atoms with Crippen LogP contribution in [0.4, 0.5) is 11.4 Å². The molecule has 0 radical (unpaired) electrons. The number of rotatable bonds is 6. The van der Waals surface area contributed by atoms with Gasteiger partial charge in [0.15, 0.2) is 0 Å². The first kappa shape index (κ1) is 15.3. The topological polar surface area (TPSA) is 73.6 Å². The van der Waals surface area contributed by atoms with Crippen molar-refractivity contribution in [3.8, 4) is 5.75 Å². The van der Waals surface area contributed by atoms with Crippen molar-refractivity contribution < 1.29 is 14.3 Å². The number of hydrogen-bond acceptors (Lipinski definition) is 4. The molecule has 1 aromatic rings. The highest BCUT2D eigenvalue weighted by atomic mass is 16.5. The van der Waals surface area contributed by atoms with Gasteiger partial charge in [0.05, 0.1) is 12.8 Å². The Morgan fingerprint density at radius 2 is 2.05 bits per heavy atom. The van der Waals surface area contributed by atoms with Crippen LogP contribution in [-0.2, 0) is 9.53 Å². The minimum absolute atomic E-state index is 0.218. The Labute approximate surface area is 114 Å². The molecule has 5 heteroatoms. The molecule has 5 nitrogen and oxygen atoms in total. The monoisotopic (exact) mass is 266 g/mol. The second-order valence-electron chi connectivity index (χ2n) is 4.82. The number of nitrogens with two attached hydrogens (primary N) is 1. The fourth-order valence-corrected chi connectivity index (χ4v) is 1.47. The van der Waals surface area contributed by atoms with Gasteiger partial charge in [-0.3, -0.25) is 4.79 Å². The maximum absolute atomic E-state index is 12.0. The smallest absolute Gasteiger partial charge is 0.253 e. The molecule has 0 saturated heterocycles. The molecule has 0 saturated carbocycles. The summed E-state index contributed by atoms with van der Waals surface area (Å²) in [6, 6.07) is 5.09. The first-order chi connectivity index (χ1) is 8.93. The molecule has 0 aliphatic carbocycles. The lowest BCUT2D eigenvalue weighted by Crippen LogP contribution is -2.29. The van der Waals surface area contributed by atoms with Crippen molar-refractivity contribution in [2.45, 2.75) is 26.9 Å². The lowest BCUT2D eigenvalue weighted by molar-refractivity contribution is -0.126. The molecule has 3 N–H and O–H groups in total. The summed E-state index contributed by atoms with van der Waals surface area (Å²) in [7, 11) is 1.54. The Bertz CT molecular complexity index is 433. The Morgan fingerprint density at radius 1 is 1.37 bits per heavy atom. The normalized spacial score (nSPS) is 12.3. The highest BCUT2D eigenvalue weighted by Gasteiger charge is 2.16. The maximum atomic E-state index is 12.0. The number of amides is 1. The van der Waals surface area contributed by atoms with Crippen LogP contribution in [0.1, 0.15) is 20.8 Å². The van der Waals surface area contributed by atoms with Gasteiger partial charge in [-0.2, -0.15) is 0 Å². The highest BCUT2D eigenvalue weighted by Crippen LogP contribution is 2.26. The molecule has 1 atom stereocenters. The second-order valence-corrected chi connectivity index (χ2v) is 4.82. The summed E-state index contributed by atoms with van der Waals surface area (Å²) in [5.74, 6) is 0.736. The molecule has 1 amide bonds. The molecule has 1 aromatic carbocycles. The van der Waals surface area contributed by atoms with Crippen molar-refractivity contribution in [2.75, 3.05) is 24.8 Å². The Hall–Kier alpha value is -1.75. The Morgan fingerprint density at radius 3 is 2.63 bits per heavy atom. The molecule has 106 valence electrons. The van der Waals surface area contributed by atoms with E-state index in [0.717, 1.165) is 0 Å². The zero-order valence-corrected chi connectivity index (χ0v) is 11.9.